The first-order valence-corrected chi connectivity index (χ1v) is 5.25. The molecular weight excluding hydrogens is 237 g/mol. The van der Waals surface area contributed by atoms with Crippen LogP contribution in [0.3, 0.4) is 0 Å². The molecule has 0 spiro atoms. The summed E-state index contributed by atoms with van der Waals surface area (Å²) < 4.78 is 42.8. The Morgan fingerprint density at radius 2 is 2.12 bits per heavy atom. The molecule has 0 aliphatic heterocycles. The van der Waals surface area contributed by atoms with Crippen molar-refractivity contribution in [3.8, 4) is 0 Å². The topological polar surface area (TPSA) is 43.4 Å². The summed E-state index contributed by atoms with van der Waals surface area (Å²) in [6, 6.07) is 0. The second kappa shape index (κ2) is 4.89. The van der Waals surface area contributed by atoms with Gasteiger partial charge in [-0.05, 0) is 18.9 Å². The van der Waals surface area contributed by atoms with Gasteiger partial charge in [0.15, 0.2) is 5.78 Å². The molecular formula is C11H13F3O3. The van der Waals surface area contributed by atoms with E-state index in [1.807, 2.05) is 0 Å². The van der Waals surface area contributed by atoms with Gasteiger partial charge in [0.2, 0.25) is 0 Å². The Kier molecular flexibility index (Phi) is 3.95. The molecule has 0 radical (unpaired) electrons. The molecule has 0 fully saturated rings. The van der Waals surface area contributed by atoms with Crippen molar-refractivity contribution in [1.29, 1.82) is 0 Å². The molecule has 96 valence electrons. The van der Waals surface area contributed by atoms with Crippen LogP contribution in [0.15, 0.2) is 11.6 Å². The van der Waals surface area contributed by atoms with Crippen LogP contribution in [0.2, 0.25) is 0 Å². The van der Waals surface area contributed by atoms with Crippen LogP contribution < -0.4 is 0 Å². The molecule has 3 nitrogen and oxygen atoms in total. The molecule has 1 aliphatic rings. The first-order valence-electron chi connectivity index (χ1n) is 5.25. The van der Waals surface area contributed by atoms with Gasteiger partial charge in [0, 0.05) is 6.42 Å². The van der Waals surface area contributed by atoms with E-state index < -0.39 is 35.3 Å². The first-order chi connectivity index (χ1) is 7.77. The van der Waals surface area contributed by atoms with Crippen LogP contribution in [0.25, 0.3) is 0 Å². The predicted molar refractivity (Wildman–Crippen MR) is 53.0 cm³/mol. The number of hydrogen-bond donors (Lipinski definition) is 0. The lowest BCUT2D eigenvalue weighted by atomic mass is 9.78. The molecule has 1 aliphatic carbocycles. The molecule has 0 amide bonds. The van der Waals surface area contributed by atoms with Gasteiger partial charge in [0.25, 0.3) is 0 Å². The summed E-state index contributed by atoms with van der Waals surface area (Å²) in [5.41, 5.74) is -1.10. The predicted octanol–water partition coefficient (Wildman–Crippen LogP) is 2.26. The minimum Gasteiger partial charge on any atom is -0.466 e. The third kappa shape index (κ3) is 3.08. The Balaban J connectivity index is 3.09. The molecule has 0 N–H and O–H groups in total. The minimum atomic E-state index is -4.68. The molecule has 0 saturated heterocycles. The molecule has 1 rings (SSSR count). The summed E-state index contributed by atoms with van der Waals surface area (Å²) in [6.45, 7) is 2.98. The fraction of sp³-hybridized carbons (Fsp3) is 0.636. The number of ether oxygens (including phenoxy) is 1. The largest absolute Gasteiger partial charge is 0.466 e. The van der Waals surface area contributed by atoms with E-state index in [9.17, 15) is 22.8 Å². The van der Waals surface area contributed by atoms with Gasteiger partial charge < -0.3 is 4.74 Å². The Hall–Kier alpha value is -1.33. The third-order valence-corrected chi connectivity index (χ3v) is 2.61. The van der Waals surface area contributed by atoms with Crippen LogP contribution in [0.1, 0.15) is 20.3 Å². The van der Waals surface area contributed by atoms with Crippen molar-refractivity contribution in [2.45, 2.75) is 26.4 Å². The highest BCUT2D eigenvalue weighted by Gasteiger charge is 2.47. The zero-order chi connectivity index (χ0) is 13.2. The van der Waals surface area contributed by atoms with Crippen molar-refractivity contribution in [2.75, 3.05) is 6.61 Å². The highest BCUT2D eigenvalue weighted by Crippen LogP contribution is 2.39. The number of allylic oxidation sites excluding steroid dienone is 1. The van der Waals surface area contributed by atoms with Gasteiger partial charge in [0.05, 0.1) is 18.1 Å². The fourth-order valence-corrected chi connectivity index (χ4v) is 1.91. The normalized spacial score (nSPS) is 25.5. The standard InChI is InChI=1S/C11H13F3O3/c1-3-17-10(16)9-6(2)4-7(15)5-8(9)11(12,13)14/h5-6,9H,3-4H2,1-2H3. The second-order valence-corrected chi connectivity index (χ2v) is 3.97. The third-order valence-electron chi connectivity index (χ3n) is 2.61. The zero-order valence-corrected chi connectivity index (χ0v) is 9.50. The number of carbonyl (C=O) groups is 2. The van der Waals surface area contributed by atoms with E-state index in [4.69, 9.17) is 0 Å². The van der Waals surface area contributed by atoms with E-state index in [1.54, 1.807) is 0 Å². The molecule has 0 saturated carbocycles. The van der Waals surface area contributed by atoms with Crippen LogP contribution in [-0.4, -0.2) is 24.5 Å². The van der Waals surface area contributed by atoms with Crippen LogP contribution in [0, 0.1) is 11.8 Å². The van der Waals surface area contributed by atoms with E-state index >= 15 is 0 Å². The van der Waals surface area contributed by atoms with Crippen LogP contribution >= 0.6 is 0 Å². The maximum atomic E-state index is 12.7. The summed E-state index contributed by atoms with van der Waals surface area (Å²) in [5, 5.41) is 0. The van der Waals surface area contributed by atoms with Gasteiger partial charge in [-0.25, -0.2) is 0 Å². The summed E-state index contributed by atoms with van der Waals surface area (Å²) in [6.07, 6.45) is -4.23. The van der Waals surface area contributed by atoms with Gasteiger partial charge in [-0.15, -0.1) is 0 Å². The van der Waals surface area contributed by atoms with E-state index in [0.717, 1.165) is 0 Å². The number of esters is 1. The summed E-state index contributed by atoms with van der Waals surface area (Å²) in [7, 11) is 0. The van der Waals surface area contributed by atoms with Crippen molar-refractivity contribution < 1.29 is 27.5 Å². The average molecular weight is 250 g/mol. The number of halogens is 3. The lowest BCUT2D eigenvalue weighted by molar-refractivity contribution is -0.155. The molecule has 2 unspecified atom stereocenters. The monoisotopic (exact) mass is 250 g/mol. The smallest absolute Gasteiger partial charge is 0.413 e. The van der Waals surface area contributed by atoms with Crippen LogP contribution in [0.5, 0.6) is 0 Å². The first kappa shape index (κ1) is 13.7. The van der Waals surface area contributed by atoms with Gasteiger partial charge in [-0.2, -0.15) is 13.2 Å². The number of ketones is 1. The van der Waals surface area contributed by atoms with Gasteiger partial charge in [-0.1, -0.05) is 6.92 Å². The maximum absolute atomic E-state index is 12.7. The van der Waals surface area contributed by atoms with Crippen molar-refractivity contribution in [3.05, 3.63) is 11.6 Å². The highest BCUT2D eigenvalue weighted by atomic mass is 19.4. The van der Waals surface area contributed by atoms with Crippen molar-refractivity contribution >= 4 is 11.8 Å². The number of alkyl halides is 3. The van der Waals surface area contributed by atoms with Gasteiger partial charge in [-0.3, -0.25) is 9.59 Å². The molecule has 2 atom stereocenters. The second-order valence-electron chi connectivity index (χ2n) is 3.97. The number of carbonyl (C=O) groups excluding carboxylic acids is 2. The number of rotatable bonds is 2. The zero-order valence-electron chi connectivity index (χ0n) is 9.50. The average Bonchev–Trinajstić information content (AvgIpc) is 2.15. The molecule has 0 aromatic carbocycles. The van der Waals surface area contributed by atoms with Crippen molar-refractivity contribution in [2.24, 2.45) is 11.8 Å². The molecule has 0 heterocycles. The molecule has 0 aromatic heterocycles. The fourth-order valence-electron chi connectivity index (χ4n) is 1.91. The summed E-state index contributed by atoms with van der Waals surface area (Å²) >= 11 is 0. The summed E-state index contributed by atoms with van der Waals surface area (Å²) in [4.78, 5) is 22.6. The maximum Gasteiger partial charge on any atom is 0.413 e. The highest BCUT2D eigenvalue weighted by molar-refractivity contribution is 5.94. The molecule has 0 aromatic rings. The Labute approximate surface area is 96.6 Å². The van der Waals surface area contributed by atoms with Crippen LogP contribution in [0.4, 0.5) is 13.2 Å². The van der Waals surface area contributed by atoms with E-state index in [0.29, 0.717) is 6.08 Å². The van der Waals surface area contributed by atoms with E-state index in [-0.39, 0.29) is 13.0 Å². The Bertz CT molecular complexity index is 357. The quantitative estimate of drug-likeness (QED) is 0.706. The van der Waals surface area contributed by atoms with Crippen molar-refractivity contribution in [3.63, 3.8) is 0 Å². The lowest BCUT2D eigenvalue weighted by Gasteiger charge is -2.28. The SMILES string of the molecule is CCOC(=O)C1C(C(F)(F)F)=CC(=O)CC1C. The lowest BCUT2D eigenvalue weighted by Crippen LogP contribution is -2.36. The summed E-state index contributed by atoms with van der Waals surface area (Å²) in [5.74, 6) is -3.61. The van der Waals surface area contributed by atoms with E-state index in [2.05, 4.69) is 4.74 Å². The van der Waals surface area contributed by atoms with Gasteiger partial charge in [0.1, 0.15) is 0 Å². The Morgan fingerprint density at radius 1 is 1.53 bits per heavy atom. The van der Waals surface area contributed by atoms with Crippen LogP contribution in [-0.2, 0) is 14.3 Å². The Morgan fingerprint density at radius 3 is 2.59 bits per heavy atom. The molecule has 0 bridgehead atoms. The van der Waals surface area contributed by atoms with Gasteiger partial charge >= 0.3 is 12.1 Å². The van der Waals surface area contributed by atoms with E-state index in [1.165, 1.54) is 13.8 Å². The number of hydrogen-bond acceptors (Lipinski definition) is 3. The molecule has 17 heavy (non-hydrogen) atoms. The minimum absolute atomic E-state index is 0.0150. The molecule has 6 heteroatoms. The van der Waals surface area contributed by atoms with Crippen molar-refractivity contribution in [1.82, 2.24) is 0 Å².